The van der Waals surface area contributed by atoms with Crippen molar-refractivity contribution in [1.82, 2.24) is 4.90 Å². The maximum Gasteiger partial charge on any atom is 0.0331 e. The summed E-state index contributed by atoms with van der Waals surface area (Å²) in [6, 6.07) is 0. The molecular weight excluding hydrogens is 220 g/mol. The second kappa shape index (κ2) is 8.92. The predicted molar refractivity (Wildman–Crippen MR) is 80.9 cm³/mol. The average molecular weight is 254 g/mol. The van der Waals surface area contributed by atoms with Crippen LogP contribution < -0.4 is 5.73 Å². The molecule has 0 bridgehead atoms. The van der Waals surface area contributed by atoms with Crippen LogP contribution in [-0.4, -0.2) is 30.1 Å². The van der Waals surface area contributed by atoms with Gasteiger partial charge in [-0.3, -0.25) is 4.90 Å². The van der Waals surface area contributed by atoms with E-state index in [0.29, 0.717) is 5.54 Å². The second-order valence-corrected chi connectivity index (χ2v) is 5.98. The molecule has 0 aromatic carbocycles. The molecule has 0 unspecified atom stereocenters. The van der Waals surface area contributed by atoms with Gasteiger partial charge in [0.25, 0.3) is 0 Å². The van der Waals surface area contributed by atoms with Crippen LogP contribution in [0.5, 0.6) is 0 Å². The Bertz CT molecular complexity index is 197. The first-order chi connectivity index (χ1) is 8.79. The Labute approximate surface area is 114 Å². The Hall–Kier alpha value is -0.0800. The Morgan fingerprint density at radius 2 is 1.56 bits per heavy atom. The highest BCUT2D eigenvalue weighted by Gasteiger charge is 2.36. The molecule has 0 amide bonds. The van der Waals surface area contributed by atoms with Gasteiger partial charge in [0.15, 0.2) is 0 Å². The Kier molecular flexibility index (Phi) is 7.92. The maximum atomic E-state index is 6.07. The van der Waals surface area contributed by atoms with E-state index in [1.165, 1.54) is 77.3 Å². The first kappa shape index (κ1) is 16.0. The molecule has 1 aliphatic rings. The van der Waals surface area contributed by atoms with Crippen molar-refractivity contribution in [2.45, 2.75) is 83.6 Å². The van der Waals surface area contributed by atoms with E-state index >= 15 is 0 Å². The molecule has 1 aliphatic carbocycles. The third-order valence-electron chi connectivity index (χ3n) is 4.75. The third kappa shape index (κ3) is 4.55. The first-order valence-corrected chi connectivity index (χ1v) is 8.24. The third-order valence-corrected chi connectivity index (χ3v) is 4.75. The molecule has 108 valence electrons. The van der Waals surface area contributed by atoms with E-state index in [1.54, 1.807) is 0 Å². The minimum absolute atomic E-state index is 0.359. The molecule has 2 heteroatoms. The molecule has 18 heavy (non-hydrogen) atoms. The molecule has 1 rings (SSSR count). The number of hydrogen-bond donors (Lipinski definition) is 1. The molecule has 0 atom stereocenters. The summed E-state index contributed by atoms with van der Waals surface area (Å²) in [5.41, 5.74) is 6.43. The van der Waals surface area contributed by atoms with E-state index in [-0.39, 0.29) is 0 Å². The fraction of sp³-hybridized carbons (Fsp3) is 1.00. The average Bonchev–Trinajstić information content (AvgIpc) is 2.88. The molecule has 2 N–H and O–H groups in total. The summed E-state index contributed by atoms with van der Waals surface area (Å²) in [4.78, 5) is 2.68. The lowest BCUT2D eigenvalue weighted by atomic mass is 9.94. The van der Waals surface area contributed by atoms with Gasteiger partial charge >= 0.3 is 0 Å². The highest BCUT2D eigenvalue weighted by atomic mass is 15.2. The number of likely N-dealkylation sites (N-methyl/N-ethyl adjacent to an activating group) is 1. The van der Waals surface area contributed by atoms with E-state index in [0.717, 1.165) is 6.54 Å². The summed E-state index contributed by atoms with van der Waals surface area (Å²) < 4.78 is 0. The van der Waals surface area contributed by atoms with Gasteiger partial charge < -0.3 is 5.73 Å². The van der Waals surface area contributed by atoms with Crippen molar-refractivity contribution in [2.24, 2.45) is 5.73 Å². The zero-order valence-electron chi connectivity index (χ0n) is 12.7. The molecule has 0 heterocycles. The molecule has 0 saturated heterocycles. The standard InChI is InChI=1S/C16H34N2/c1-3-5-6-7-8-11-14-18(4-2)16(15-17)12-9-10-13-16/h3-15,17H2,1-2H3. The number of unbranched alkanes of at least 4 members (excludes halogenated alkanes) is 5. The van der Waals surface area contributed by atoms with E-state index in [2.05, 4.69) is 18.7 Å². The van der Waals surface area contributed by atoms with Crippen LogP contribution in [0.2, 0.25) is 0 Å². The second-order valence-electron chi connectivity index (χ2n) is 5.98. The molecule has 0 spiro atoms. The van der Waals surface area contributed by atoms with Gasteiger partial charge in [-0.1, -0.05) is 58.8 Å². The van der Waals surface area contributed by atoms with Crippen LogP contribution in [0.1, 0.15) is 78.1 Å². The van der Waals surface area contributed by atoms with E-state index in [4.69, 9.17) is 5.73 Å². The lowest BCUT2D eigenvalue weighted by Gasteiger charge is -2.40. The molecule has 2 nitrogen and oxygen atoms in total. The highest BCUT2D eigenvalue weighted by molar-refractivity contribution is 4.95. The zero-order valence-corrected chi connectivity index (χ0v) is 12.7. The van der Waals surface area contributed by atoms with Crippen molar-refractivity contribution < 1.29 is 0 Å². The molecule has 1 fully saturated rings. The number of nitrogens with two attached hydrogens (primary N) is 1. The molecule has 1 saturated carbocycles. The fourth-order valence-corrected chi connectivity index (χ4v) is 3.50. The van der Waals surface area contributed by atoms with Gasteiger partial charge in [-0.05, 0) is 32.4 Å². The zero-order chi connectivity index (χ0) is 13.3. The number of nitrogens with zero attached hydrogens (tertiary/aromatic N) is 1. The van der Waals surface area contributed by atoms with Crippen molar-refractivity contribution >= 4 is 0 Å². The highest BCUT2D eigenvalue weighted by Crippen LogP contribution is 2.34. The van der Waals surface area contributed by atoms with Crippen LogP contribution >= 0.6 is 0 Å². The smallest absolute Gasteiger partial charge is 0.0331 e. The van der Waals surface area contributed by atoms with Crippen LogP contribution in [0.15, 0.2) is 0 Å². The minimum Gasteiger partial charge on any atom is -0.329 e. The molecular formula is C16H34N2. The van der Waals surface area contributed by atoms with Gasteiger partial charge in [0.05, 0.1) is 0 Å². The summed E-state index contributed by atoms with van der Waals surface area (Å²) in [7, 11) is 0. The monoisotopic (exact) mass is 254 g/mol. The number of hydrogen-bond acceptors (Lipinski definition) is 2. The van der Waals surface area contributed by atoms with Gasteiger partial charge in [-0.25, -0.2) is 0 Å². The van der Waals surface area contributed by atoms with Gasteiger partial charge in [0.1, 0.15) is 0 Å². The van der Waals surface area contributed by atoms with Crippen molar-refractivity contribution in [1.29, 1.82) is 0 Å². The lowest BCUT2D eigenvalue weighted by Crippen LogP contribution is -2.52. The molecule has 0 aliphatic heterocycles. The van der Waals surface area contributed by atoms with Gasteiger partial charge in [-0.15, -0.1) is 0 Å². The van der Waals surface area contributed by atoms with Crippen molar-refractivity contribution in [3.05, 3.63) is 0 Å². The predicted octanol–water partition coefficient (Wildman–Crippen LogP) is 3.94. The van der Waals surface area contributed by atoms with E-state index in [1.807, 2.05) is 0 Å². The number of rotatable bonds is 10. The Morgan fingerprint density at radius 3 is 2.11 bits per heavy atom. The van der Waals surface area contributed by atoms with Crippen molar-refractivity contribution in [3.8, 4) is 0 Å². The van der Waals surface area contributed by atoms with Gasteiger partial charge in [0, 0.05) is 12.1 Å². The lowest BCUT2D eigenvalue weighted by molar-refractivity contribution is 0.103. The van der Waals surface area contributed by atoms with Gasteiger partial charge in [0.2, 0.25) is 0 Å². The summed E-state index contributed by atoms with van der Waals surface area (Å²) in [5, 5.41) is 0. The van der Waals surface area contributed by atoms with Crippen molar-refractivity contribution in [3.63, 3.8) is 0 Å². The van der Waals surface area contributed by atoms with Crippen molar-refractivity contribution in [2.75, 3.05) is 19.6 Å². The molecule has 0 radical (unpaired) electrons. The van der Waals surface area contributed by atoms with Crippen LogP contribution in [0, 0.1) is 0 Å². The van der Waals surface area contributed by atoms with Gasteiger partial charge in [-0.2, -0.15) is 0 Å². The topological polar surface area (TPSA) is 29.3 Å². The summed E-state index contributed by atoms with van der Waals surface area (Å²) in [6.45, 7) is 7.87. The summed E-state index contributed by atoms with van der Waals surface area (Å²) >= 11 is 0. The molecule has 0 aromatic rings. The van der Waals surface area contributed by atoms with Crippen LogP contribution in [-0.2, 0) is 0 Å². The summed E-state index contributed by atoms with van der Waals surface area (Å²) in [6.07, 6.45) is 13.8. The fourth-order valence-electron chi connectivity index (χ4n) is 3.50. The molecule has 0 aromatic heterocycles. The quantitative estimate of drug-likeness (QED) is 0.598. The SMILES string of the molecule is CCCCCCCCN(CC)C1(CN)CCCC1. The largest absolute Gasteiger partial charge is 0.329 e. The normalized spacial score (nSPS) is 18.7. The minimum atomic E-state index is 0.359. The Morgan fingerprint density at radius 1 is 0.944 bits per heavy atom. The Balaban J connectivity index is 2.24. The first-order valence-electron chi connectivity index (χ1n) is 8.24. The van der Waals surface area contributed by atoms with Crippen LogP contribution in [0.4, 0.5) is 0 Å². The van der Waals surface area contributed by atoms with E-state index in [9.17, 15) is 0 Å². The maximum absolute atomic E-state index is 6.07. The van der Waals surface area contributed by atoms with Crippen LogP contribution in [0.3, 0.4) is 0 Å². The van der Waals surface area contributed by atoms with Crippen LogP contribution in [0.25, 0.3) is 0 Å². The summed E-state index contributed by atoms with van der Waals surface area (Å²) in [5.74, 6) is 0. The van der Waals surface area contributed by atoms with E-state index < -0.39 is 0 Å².